The standard InChI is InChI=1S/C16H22N4O/c1-10-6-4-5-7-14(10)19-16(21)13-9-17-20-12(3)8-11(2)18-15(13)20/h8-10,14H,4-7H2,1-3H3,(H,19,21)/t10-,14-/m0/s1. The van der Waals surface area contributed by atoms with Crippen LogP contribution >= 0.6 is 0 Å². The average Bonchev–Trinajstić information content (AvgIpc) is 2.85. The quantitative estimate of drug-likeness (QED) is 0.923. The van der Waals surface area contributed by atoms with Gasteiger partial charge in [0.2, 0.25) is 0 Å². The Bertz CT molecular complexity index is 676. The van der Waals surface area contributed by atoms with Gasteiger partial charge >= 0.3 is 0 Å². The fraction of sp³-hybridized carbons (Fsp3) is 0.562. The van der Waals surface area contributed by atoms with Crippen LogP contribution in [0.4, 0.5) is 0 Å². The predicted octanol–water partition coefficient (Wildman–Crippen LogP) is 2.65. The molecular formula is C16H22N4O. The van der Waals surface area contributed by atoms with E-state index < -0.39 is 0 Å². The zero-order valence-electron chi connectivity index (χ0n) is 12.9. The van der Waals surface area contributed by atoms with Gasteiger partial charge in [-0.3, -0.25) is 4.79 Å². The topological polar surface area (TPSA) is 59.3 Å². The minimum absolute atomic E-state index is 0.0544. The van der Waals surface area contributed by atoms with Crippen molar-refractivity contribution in [3.05, 3.63) is 29.2 Å². The van der Waals surface area contributed by atoms with Crippen LogP contribution in [0.5, 0.6) is 0 Å². The van der Waals surface area contributed by atoms with E-state index in [4.69, 9.17) is 0 Å². The third kappa shape index (κ3) is 2.64. The minimum Gasteiger partial charge on any atom is -0.349 e. The summed E-state index contributed by atoms with van der Waals surface area (Å²) in [4.78, 5) is 17.0. The van der Waals surface area contributed by atoms with E-state index in [1.54, 1.807) is 10.7 Å². The van der Waals surface area contributed by atoms with Gasteiger partial charge in [-0.15, -0.1) is 0 Å². The van der Waals surface area contributed by atoms with Crippen LogP contribution in [0.1, 0.15) is 54.4 Å². The monoisotopic (exact) mass is 286 g/mol. The van der Waals surface area contributed by atoms with E-state index in [1.807, 2.05) is 19.9 Å². The van der Waals surface area contributed by atoms with E-state index in [1.165, 1.54) is 19.3 Å². The zero-order chi connectivity index (χ0) is 15.0. The van der Waals surface area contributed by atoms with Crippen molar-refractivity contribution in [2.75, 3.05) is 0 Å². The fourth-order valence-electron chi connectivity index (χ4n) is 3.21. The molecule has 1 fully saturated rings. The van der Waals surface area contributed by atoms with Crippen LogP contribution < -0.4 is 5.32 Å². The average molecular weight is 286 g/mol. The maximum Gasteiger partial charge on any atom is 0.256 e. The first-order valence-corrected chi connectivity index (χ1v) is 7.69. The number of nitrogens with zero attached hydrogens (tertiary/aromatic N) is 3. The van der Waals surface area contributed by atoms with Gasteiger partial charge in [-0.2, -0.15) is 5.10 Å². The maximum absolute atomic E-state index is 12.6. The molecule has 2 atom stereocenters. The lowest BCUT2D eigenvalue weighted by Gasteiger charge is -2.29. The van der Waals surface area contributed by atoms with Gasteiger partial charge in [0.05, 0.1) is 6.20 Å². The number of fused-ring (bicyclic) bond motifs is 1. The zero-order valence-corrected chi connectivity index (χ0v) is 12.9. The first kappa shape index (κ1) is 14.0. The number of hydrogen-bond donors (Lipinski definition) is 1. The summed E-state index contributed by atoms with van der Waals surface area (Å²) in [6, 6.07) is 2.23. The highest BCUT2D eigenvalue weighted by atomic mass is 16.1. The van der Waals surface area contributed by atoms with Crippen molar-refractivity contribution in [2.24, 2.45) is 5.92 Å². The van der Waals surface area contributed by atoms with Crippen molar-refractivity contribution < 1.29 is 4.79 Å². The van der Waals surface area contributed by atoms with Crippen molar-refractivity contribution in [1.29, 1.82) is 0 Å². The summed E-state index contributed by atoms with van der Waals surface area (Å²) >= 11 is 0. The highest BCUT2D eigenvalue weighted by Crippen LogP contribution is 2.24. The highest BCUT2D eigenvalue weighted by molar-refractivity contribution is 5.99. The van der Waals surface area contributed by atoms with Gasteiger partial charge < -0.3 is 5.32 Å². The van der Waals surface area contributed by atoms with Crippen molar-refractivity contribution >= 4 is 11.6 Å². The normalized spacial score (nSPS) is 22.4. The second-order valence-corrected chi connectivity index (χ2v) is 6.17. The Hall–Kier alpha value is -1.91. The molecule has 2 heterocycles. The number of aromatic nitrogens is 3. The number of nitrogens with one attached hydrogen (secondary N) is 1. The van der Waals surface area contributed by atoms with E-state index in [2.05, 4.69) is 22.3 Å². The van der Waals surface area contributed by atoms with E-state index >= 15 is 0 Å². The van der Waals surface area contributed by atoms with Gasteiger partial charge in [-0.05, 0) is 38.7 Å². The Morgan fingerprint density at radius 1 is 1.33 bits per heavy atom. The number of hydrogen-bond acceptors (Lipinski definition) is 3. The third-order valence-corrected chi connectivity index (χ3v) is 4.45. The molecule has 112 valence electrons. The summed E-state index contributed by atoms with van der Waals surface area (Å²) in [5.41, 5.74) is 3.11. The molecule has 1 aliphatic rings. The third-order valence-electron chi connectivity index (χ3n) is 4.45. The summed E-state index contributed by atoms with van der Waals surface area (Å²) < 4.78 is 1.73. The first-order chi connectivity index (χ1) is 10.1. The molecule has 2 aromatic rings. The Kier molecular flexibility index (Phi) is 3.66. The molecule has 0 radical (unpaired) electrons. The molecule has 0 spiro atoms. The van der Waals surface area contributed by atoms with Gasteiger partial charge in [0, 0.05) is 17.4 Å². The number of amides is 1. The molecule has 0 unspecified atom stereocenters. The van der Waals surface area contributed by atoms with Crippen LogP contribution in [-0.4, -0.2) is 26.5 Å². The molecular weight excluding hydrogens is 264 g/mol. The Morgan fingerprint density at radius 3 is 2.86 bits per heavy atom. The Labute approximate surface area is 124 Å². The summed E-state index contributed by atoms with van der Waals surface area (Å²) in [7, 11) is 0. The molecule has 1 aliphatic carbocycles. The molecule has 0 aliphatic heterocycles. The smallest absolute Gasteiger partial charge is 0.256 e. The number of carbonyl (C=O) groups excluding carboxylic acids is 1. The SMILES string of the molecule is Cc1cc(C)n2ncc(C(=O)N[C@H]3CCCC[C@@H]3C)c2n1. The predicted molar refractivity (Wildman–Crippen MR) is 81.3 cm³/mol. The van der Waals surface area contributed by atoms with Crippen LogP contribution in [0.2, 0.25) is 0 Å². The number of carbonyl (C=O) groups is 1. The Balaban J connectivity index is 1.88. The lowest BCUT2D eigenvalue weighted by Crippen LogP contribution is -2.41. The van der Waals surface area contributed by atoms with Gasteiger partial charge in [-0.1, -0.05) is 19.8 Å². The summed E-state index contributed by atoms with van der Waals surface area (Å²) in [6.07, 6.45) is 6.34. The van der Waals surface area contributed by atoms with Gasteiger partial charge in [0.1, 0.15) is 5.56 Å². The summed E-state index contributed by atoms with van der Waals surface area (Å²) in [5.74, 6) is 0.488. The molecule has 2 aromatic heterocycles. The fourth-order valence-corrected chi connectivity index (χ4v) is 3.21. The largest absolute Gasteiger partial charge is 0.349 e. The van der Waals surface area contributed by atoms with E-state index in [0.29, 0.717) is 17.1 Å². The molecule has 5 heteroatoms. The number of rotatable bonds is 2. The molecule has 0 aromatic carbocycles. The van der Waals surface area contributed by atoms with Crippen LogP contribution in [0.15, 0.2) is 12.3 Å². The van der Waals surface area contributed by atoms with Crippen molar-refractivity contribution in [1.82, 2.24) is 19.9 Å². The van der Waals surface area contributed by atoms with Crippen LogP contribution in [0, 0.1) is 19.8 Å². The molecule has 5 nitrogen and oxygen atoms in total. The summed E-state index contributed by atoms with van der Waals surface area (Å²) in [5, 5.41) is 7.46. The van der Waals surface area contributed by atoms with Crippen molar-refractivity contribution in [3.8, 4) is 0 Å². The highest BCUT2D eigenvalue weighted by Gasteiger charge is 2.25. The molecule has 1 saturated carbocycles. The van der Waals surface area contributed by atoms with Crippen molar-refractivity contribution in [2.45, 2.75) is 52.5 Å². The van der Waals surface area contributed by atoms with E-state index in [0.717, 1.165) is 17.8 Å². The van der Waals surface area contributed by atoms with Gasteiger partial charge in [0.15, 0.2) is 5.65 Å². The molecule has 1 N–H and O–H groups in total. The minimum atomic E-state index is -0.0544. The van der Waals surface area contributed by atoms with Gasteiger partial charge in [-0.25, -0.2) is 9.50 Å². The van der Waals surface area contributed by atoms with Crippen LogP contribution in [0.25, 0.3) is 5.65 Å². The maximum atomic E-state index is 12.6. The second kappa shape index (κ2) is 5.47. The molecule has 21 heavy (non-hydrogen) atoms. The lowest BCUT2D eigenvalue weighted by molar-refractivity contribution is 0.0912. The number of aryl methyl sites for hydroxylation is 2. The van der Waals surface area contributed by atoms with E-state index in [-0.39, 0.29) is 11.9 Å². The van der Waals surface area contributed by atoms with Crippen LogP contribution in [-0.2, 0) is 0 Å². The lowest BCUT2D eigenvalue weighted by atomic mass is 9.86. The Morgan fingerprint density at radius 2 is 2.10 bits per heavy atom. The molecule has 0 saturated heterocycles. The van der Waals surface area contributed by atoms with E-state index in [9.17, 15) is 4.79 Å². The molecule has 3 rings (SSSR count). The molecule has 1 amide bonds. The van der Waals surface area contributed by atoms with Crippen molar-refractivity contribution in [3.63, 3.8) is 0 Å². The first-order valence-electron chi connectivity index (χ1n) is 7.69. The summed E-state index contributed by atoms with van der Waals surface area (Å²) in [6.45, 7) is 6.12. The van der Waals surface area contributed by atoms with Crippen LogP contribution in [0.3, 0.4) is 0 Å². The molecule has 0 bridgehead atoms. The van der Waals surface area contributed by atoms with Gasteiger partial charge in [0.25, 0.3) is 5.91 Å². The second-order valence-electron chi connectivity index (χ2n) is 6.17.